The lowest BCUT2D eigenvalue weighted by atomic mass is 9.33. The van der Waals surface area contributed by atoms with Gasteiger partial charge in [0, 0.05) is 77.8 Å². The van der Waals surface area contributed by atoms with Crippen LogP contribution in [0, 0.1) is 0 Å². The van der Waals surface area contributed by atoms with Gasteiger partial charge in [-0.3, -0.25) is 0 Å². The summed E-state index contributed by atoms with van der Waals surface area (Å²) in [5, 5.41) is 4.64. The van der Waals surface area contributed by atoms with Gasteiger partial charge in [-0.05, 0) is 198 Å². The molecule has 0 unspecified atom stereocenters. The Morgan fingerprint density at radius 1 is 0.254 bits per heavy atom. The Morgan fingerprint density at radius 2 is 0.656 bits per heavy atom. The Hall–Kier alpha value is -13.2. The van der Waals surface area contributed by atoms with Crippen LogP contribution in [0.3, 0.4) is 0 Å². The molecule has 0 N–H and O–H groups in total. The maximum Gasteiger partial charge on any atom is 0.252 e. The summed E-state index contributed by atoms with van der Waals surface area (Å²) in [5.41, 5.74) is 42.5. The smallest absolute Gasteiger partial charge is 0.252 e. The average Bonchev–Trinajstić information content (AvgIpc) is 1.49. The second kappa shape index (κ2) is 26.9. The van der Waals surface area contributed by atoms with E-state index in [0.29, 0.717) is 0 Å². The first-order valence-corrected chi connectivity index (χ1v) is 43.7. The molecular weight excluding hydrogens is 1470 g/mol. The molecule has 5 heteroatoms. The van der Waals surface area contributed by atoms with Gasteiger partial charge in [-0.15, -0.1) is 0 Å². The van der Waals surface area contributed by atoms with Crippen LogP contribution in [0.5, 0.6) is 0 Å². The van der Waals surface area contributed by atoms with Gasteiger partial charge in [-0.2, -0.15) is 0 Å². The summed E-state index contributed by atoms with van der Waals surface area (Å²) in [5.74, 6) is 0. The quantitative estimate of drug-likeness (QED) is 0.142. The number of hydrogen-bond acceptors (Lipinski definition) is 3. The zero-order valence-corrected chi connectivity index (χ0v) is 72.6. The average molecular weight is 1570 g/mol. The Balaban J connectivity index is 0.888. The van der Waals surface area contributed by atoms with Gasteiger partial charge in [0.25, 0.3) is 6.71 Å². The minimum absolute atomic E-state index is 0.0564. The molecule has 0 atom stereocenters. The van der Waals surface area contributed by atoms with Crippen LogP contribution in [0.1, 0.15) is 154 Å². The summed E-state index contributed by atoms with van der Waals surface area (Å²) in [6, 6.07) is 130. The van der Waals surface area contributed by atoms with Gasteiger partial charge in [-0.25, -0.2) is 0 Å². The lowest BCUT2D eigenvalue weighted by Gasteiger charge is -2.46. The van der Waals surface area contributed by atoms with Crippen molar-refractivity contribution in [1.82, 2.24) is 4.57 Å². The highest BCUT2D eigenvalue weighted by atomic mass is 16.3. The zero-order chi connectivity index (χ0) is 83.6. The van der Waals surface area contributed by atoms with Crippen LogP contribution in [-0.2, 0) is 32.5 Å². The van der Waals surface area contributed by atoms with Crippen molar-refractivity contribution in [3.63, 3.8) is 0 Å². The second-order valence-corrected chi connectivity index (χ2v) is 39.9. The molecule has 2 aromatic heterocycles. The van der Waals surface area contributed by atoms with E-state index in [1.807, 2.05) is 0 Å². The number of para-hydroxylation sites is 5. The van der Waals surface area contributed by atoms with E-state index in [1.54, 1.807) is 0 Å². The molecule has 0 bridgehead atoms. The molecule has 592 valence electrons. The number of fused-ring (bicyclic) bond motifs is 20. The van der Waals surface area contributed by atoms with Gasteiger partial charge in [0.1, 0.15) is 11.2 Å². The van der Waals surface area contributed by atoms with E-state index in [9.17, 15) is 0 Å². The first-order valence-electron chi connectivity index (χ1n) is 43.7. The van der Waals surface area contributed by atoms with Gasteiger partial charge in [-0.1, -0.05) is 383 Å². The predicted octanol–water partition coefficient (Wildman–Crippen LogP) is 29.9. The van der Waals surface area contributed by atoms with Crippen molar-refractivity contribution in [1.29, 1.82) is 0 Å². The number of nitrogens with zero attached hydrogens (tertiary/aromatic N) is 3. The van der Waals surface area contributed by atoms with Crippen molar-refractivity contribution in [3.8, 4) is 83.6 Å². The molecule has 4 heterocycles. The fraction of sp³-hybridized carbons (Fsp3) is 0.179. The van der Waals surface area contributed by atoms with E-state index in [2.05, 4.69) is 452 Å². The van der Waals surface area contributed by atoms with Crippen LogP contribution >= 0.6 is 0 Å². The highest BCUT2D eigenvalue weighted by molar-refractivity contribution is 7.00. The molecule has 2 aliphatic heterocycles. The molecule has 2 aliphatic carbocycles. The van der Waals surface area contributed by atoms with Crippen LogP contribution in [0.15, 0.2) is 338 Å². The number of furan rings is 1. The van der Waals surface area contributed by atoms with Gasteiger partial charge < -0.3 is 18.8 Å². The van der Waals surface area contributed by atoms with Crippen LogP contribution in [-0.4, -0.2) is 11.3 Å². The van der Waals surface area contributed by atoms with Gasteiger partial charge >= 0.3 is 0 Å². The molecule has 0 saturated heterocycles. The number of aromatic nitrogens is 1. The third kappa shape index (κ3) is 11.4. The van der Waals surface area contributed by atoms with Crippen molar-refractivity contribution in [2.45, 2.75) is 136 Å². The molecular formula is C117H100BN3O. The first kappa shape index (κ1) is 75.0. The van der Waals surface area contributed by atoms with Crippen molar-refractivity contribution in [2.24, 2.45) is 0 Å². The molecule has 0 fully saturated rings. The van der Waals surface area contributed by atoms with Gasteiger partial charge in [0.15, 0.2) is 0 Å². The highest BCUT2D eigenvalue weighted by Gasteiger charge is 2.53. The minimum Gasteiger partial charge on any atom is -0.455 e. The Bertz CT molecular complexity index is 7180. The lowest BCUT2D eigenvalue weighted by Crippen LogP contribution is -2.61. The van der Waals surface area contributed by atoms with Crippen molar-refractivity contribution in [2.75, 3.05) is 9.80 Å². The van der Waals surface area contributed by atoms with Crippen LogP contribution in [0.4, 0.5) is 34.1 Å². The lowest BCUT2D eigenvalue weighted by molar-refractivity contribution is 0.590. The molecule has 18 aromatic rings. The van der Waals surface area contributed by atoms with E-state index >= 15 is 0 Å². The van der Waals surface area contributed by atoms with Crippen LogP contribution in [0.2, 0.25) is 0 Å². The van der Waals surface area contributed by atoms with E-state index in [4.69, 9.17) is 4.42 Å². The number of rotatable bonds is 8. The third-order valence-corrected chi connectivity index (χ3v) is 27.4. The molecule has 0 radical (unpaired) electrons. The number of benzene rings is 16. The molecule has 16 aromatic carbocycles. The fourth-order valence-corrected chi connectivity index (χ4v) is 21.1. The summed E-state index contributed by atoms with van der Waals surface area (Å²) in [6.45, 7) is 34.8. The monoisotopic (exact) mass is 1570 g/mol. The van der Waals surface area contributed by atoms with E-state index in [-0.39, 0.29) is 33.8 Å². The van der Waals surface area contributed by atoms with Crippen LogP contribution in [0.25, 0.3) is 127 Å². The maximum atomic E-state index is 7.10. The summed E-state index contributed by atoms with van der Waals surface area (Å²) >= 11 is 0. The number of hydrogen-bond donors (Lipinski definition) is 0. The number of anilines is 6. The van der Waals surface area contributed by atoms with Gasteiger partial charge in [0.05, 0.1) is 27.8 Å². The normalized spacial score (nSPS) is 13.9. The minimum atomic E-state index is -0.560. The van der Waals surface area contributed by atoms with E-state index in [1.165, 1.54) is 99.5 Å². The molecule has 122 heavy (non-hydrogen) atoms. The molecule has 1 spiro atoms. The summed E-state index contributed by atoms with van der Waals surface area (Å²) in [4.78, 5) is 5.48. The summed E-state index contributed by atoms with van der Waals surface area (Å²) in [6.07, 6.45) is 0. The molecule has 4 aliphatic rings. The van der Waals surface area contributed by atoms with Crippen molar-refractivity contribution in [3.05, 3.63) is 384 Å². The van der Waals surface area contributed by atoms with E-state index < -0.39 is 5.41 Å². The van der Waals surface area contributed by atoms with E-state index in [0.717, 1.165) is 128 Å². The maximum absolute atomic E-state index is 7.10. The Morgan fingerprint density at radius 3 is 1.15 bits per heavy atom. The molecule has 0 amide bonds. The summed E-state index contributed by atoms with van der Waals surface area (Å²) in [7, 11) is 0. The predicted molar refractivity (Wildman–Crippen MR) is 519 cm³/mol. The van der Waals surface area contributed by atoms with Crippen molar-refractivity contribution < 1.29 is 4.42 Å². The van der Waals surface area contributed by atoms with Crippen molar-refractivity contribution >= 4 is 101 Å². The SMILES string of the molecule is CC(C)(C)c1ccc(-c2cccc(-c3ccc(C(C)(C)C)cc3)c2N2c3ccc(-c4cccc5c4oc4ccccc45)cc3B3c4ccc(-n5c6ccccc6c6cc7c(cc65)C5(c6ccccc6-c6ccccc65)c5ccccc5-7)cc4N(c4c(-c5ccc(C(C)(C)C)cc5)cccc4-c4ccc(C(C)(C)C)cc4)c4cc(C(C)(C)C)cc2c43)cc1. The first-order chi connectivity index (χ1) is 58.7. The van der Waals surface area contributed by atoms with Crippen LogP contribution < -0.4 is 26.2 Å². The molecule has 0 saturated carbocycles. The third-order valence-electron chi connectivity index (χ3n) is 27.4. The van der Waals surface area contributed by atoms with Gasteiger partial charge in [0.2, 0.25) is 0 Å². The molecule has 4 nitrogen and oxygen atoms in total. The summed E-state index contributed by atoms with van der Waals surface area (Å²) < 4.78 is 9.71. The zero-order valence-electron chi connectivity index (χ0n) is 72.6. The highest BCUT2D eigenvalue weighted by Crippen LogP contribution is 2.64. The fourth-order valence-electron chi connectivity index (χ4n) is 21.1. The Labute approximate surface area is 718 Å². The standard InChI is InChI=1S/C117H100BN3O/c1-112(2,3)76-54-45-71(46-55-76)82-34-26-35-83(72-47-56-77(57-48-72)113(4,5)6)109(82)120-102-64-53-75(86-38-28-39-92-91-33-20-25-44-107(91)122-111(86)92)65-100(102)118-99-63-62-81(119-101-43-24-19-32-90(101)94-69-93-89-31-18-23-42-97(89)117(98(93)70-103(94)119)95-40-21-16-29-87(95)88-30-17-22-41-96(88)117)68-104(99)121(106-67-80(116(13,14)15)66-105(120)108(106)118)110-84(73-49-58-78(59-50-73)114(7,8)9)36-27-37-85(110)74-51-60-79(61-52-74)115(10,11)12/h16-70H,1-15H3. The topological polar surface area (TPSA) is 24.6 Å². The Kier molecular flexibility index (Phi) is 16.5. The second-order valence-electron chi connectivity index (χ2n) is 39.9. The largest absolute Gasteiger partial charge is 0.455 e. The molecule has 22 rings (SSSR count).